The van der Waals surface area contributed by atoms with E-state index in [2.05, 4.69) is 161 Å². The third kappa shape index (κ3) is 3.81. The second kappa shape index (κ2) is 10.0. The first-order valence-electron chi connectivity index (χ1n) is 15.8. The fraction of sp³-hybridized carbons (Fsp3) is 0.0732. The van der Waals surface area contributed by atoms with Crippen LogP contribution in [-0.2, 0) is 12.8 Å². The molecule has 46 heavy (non-hydrogen) atoms. The minimum absolute atomic E-state index is 0.942. The van der Waals surface area contributed by atoms with E-state index >= 15 is 0 Å². The topological polar surface area (TPSA) is 18.5 Å². The molecule has 0 unspecified atom stereocenters. The van der Waals surface area contributed by atoms with Gasteiger partial charge in [-0.25, -0.2) is 4.57 Å². The number of para-hydroxylation sites is 4. The van der Waals surface area contributed by atoms with Crippen LogP contribution in [0.5, 0.6) is 0 Å². The number of nitrogens with zero attached hydrogens (tertiary/aromatic N) is 5. The Bertz CT molecular complexity index is 2350. The van der Waals surface area contributed by atoms with Gasteiger partial charge in [-0.1, -0.05) is 67.2 Å². The van der Waals surface area contributed by atoms with Gasteiger partial charge in [0.15, 0.2) is 5.82 Å². The van der Waals surface area contributed by atoms with Gasteiger partial charge in [0.2, 0.25) is 0 Å². The first-order chi connectivity index (χ1) is 22.6. The van der Waals surface area contributed by atoms with E-state index in [-0.39, 0.29) is 0 Å². The molecule has 0 saturated carbocycles. The van der Waals surface area contributed by atoms with Crippen molar-refractivity contribution in [1.29, 1.82) is 0 Å². The molecule has 0 radical (unpaired) electrons. The number of aryl methyl sites for hydroxylation is 2. The molecule has 5 heteroatoms. The maximum absolute atomic E-state index is 4.48. The number of aromatic nitrogens is 2. The zero-order valence-electron chi connectivity index (χ0n) is 25.8. The van der Waals surface area contributed by atoms with E-state index in [4.69, 9.17) is 0 Å². The quantitative estimate of drug-likeness (QED) is 0.150. The highest BCUT2D eigenvalue weighted by atomic mass is 15.4. The van der Waals surface area contributed by atoms with E-state index in [0.717, 1.165) is 58.3 Å². The molecular weight excluding hydrogens is 562 g/mol. The van der Waals surface area contributed by atoms with Crippen molar-refractivity contribution in [3.8, 4) is 5.82 Å². The van der Waals surface area contributed by atoms with Crippen molar-refractivity contribution in [1.82, 2.24) is 4.57 Å². The van der Waals surface area contributed by atoms with Crippen molar-refractivity contribution in [2.24, 2.45) is 0 Å². The zero-order chi connectivity index (χ0) is 30.9. The van der Waals surface area contributed by atoms with Crippen LogP contribution in [-0.4, -0.2) is 11.6 Å². The van der Waals surface area contributed by atoms with E-state index in [9.17, 15) is 0 Å². The van der Waals surface area contributed by atoms with Crippen LogP contribution in [0.1, 0.15) is 11.1 Å². The predicted octanol–water partition coefficient (Wildman–Crippen LogP) is 9.34. The lowest BCUT2D eigenvalue weighted by Gasteiger charge is -2.29. The van der Waals surface area contributed by atoms with E-state index < -0.39 is 0 Å². The molecule has 4 heterocycles. The number of hydrogen-bond acceptors (Lipinski definition) is 3. The average molecular weight is 596 g/mol. The molecule has 5 nitrogen and oxygen atoms in total. The van der Waals surface area contributed by atoms with Crippen molar-refractivity contribution in [3.63, 3.8) is 0 Å². The fourth-order valence-corrected chi connectivity index (χ4v) is 7.40. The molecule has 2 aliphatic rings. The van der Waals surface area contributed by atoms with Crippen LogP contribution in [0.25, 0.3) is 27.6 Å². The van der Waals surface area contributed by atoms with Crippen LogP contribution in [0.15, 0.2) is 146 Å². The molecule has 7 aromatic rings. The Hall–Kier alpha value is -5.94. The van der Waals surface area contributed by atoms with Crippen LogP contribution in [0, 0.1) is 7.05 Å². The Kier molecular flexibility index (Phi) is 5.78. The van der Waals surface area contributed by atoms with Crippen LogP contribution in [0.4, 0.5) is 34.1 Å². The summed E-state index contributed by atoms with van der Waals surface area (Å²) in [5.41, 5.74) is 11.9. The Labute approximate surface area is 269 Å². The van der Waals surface area contributed by atoms with E-state index in [1.807, 2.05) is 16.8 Å². The molecule has 0 bridgehead atoms. The Morgan fingerprint density at radius 3 is 2.09 bits per heavy atom. The van der Waals surface area contributed by atoms with Gasteiger partial charge >= 0.3 is 0 Å². The van der Waals surface area contributed by atoms with Gasteiger partial charge in [0.25, 0.3) is 0 Å². The molecule has 0 N–H and O–H groups in total. The summed E-state index contributed by atoms with van der Waals surface area (Å²) in [5.74, 6) is 1.96. The fourth-order valence-electron chi connectivity index (χ4n) is 7.40. The average Bonchev–Trinajstić information content (AvgIpc) is 3.48. The molecule has 0 spiro atoms. The maximum atomic E-state index is 4.48. The first kappa shape index (κ1) is 26.5. The summed E-state index contributed by atoms with van der Waals surface area (Å²) in [4.78, 5) is 6.90. The molecule has 222 valence electrons. The second-order valence-corrected chi connectivity index (χ2v) is 12.2. The molecular formula is C41H33N5. The Morgan fingerprint density at radius 2 is 1.24 bits per heavy atom. The van der Waals surface area contributed by atoms with Gasteiger partial charge in [-0.15, -0.1) is 0 Å². The summed E-state index contributed by atoms with van der Waals surface area (Å²) in [6.45, 7) is 4.48. The molecule has 5 aromatic carbocycles. The van der Waals surface area contributed by atoms with Crippen molar-refractivity contribution >= 4 is 55.9 Å². The molecule has 9 rings (SSSR count). The number of hydrogen-bond donors (Lipinski definition) is 0. The maximum Gasteiger partial charge on any atom is 0.184 e. The lowest BCUT2D eigenvalue weighted by molar-refractivity contribution is -0.606. The normalized spacial score (nSPS) is 14.0. The number of fused-ring (bicyclic) bond motifs is 6. The van der Waals surface area contributed by atoms with Gasteiger partial charge in [0.1, 0.15) is 16.9 Å². The summed E-state index contributed by atoms with van der Waals surface area (Å²) in [6, 6.07) is 46.0. The molecule has 0 aliphatic carbocycles. The smallest absolute Gasteiger partial charge is 0.184 e. The summed E-state index contributed by atoms with van der Waals surface area (Å²) < 4.78 is 4.28. The summed E-state index contributed by atoms with van der Waals surface area (Å²) in [7, 11) is 6.41. The highest BCUT2D eigenvalue weighted by molar-refractivity contribution is 6.10. The largest absolute Gasteiger partial charge is 0.371 e. The number of benzene rings is 5. The third-order valence-corrected chi connectivity index (χ3v) is 9.65. The van der Waals surface area contributed by atoms with Crippen LogP contribution >= 0.6 is 0 Å². The second-order valence-electron chi connectivity index (χ2n) is 12.2. The zero-order valence-corrected chi connectivity index (χ0v) is 25.8. The number of anilines is 6. The molecule has 2 aliphatic heterocycles. The lowest BCUT2D eigenvalue weighted by Crippen LogP contribution is -2.30. The van der Waals surface area contributed by atoms with Crippen LogP contribution < -0.4 is 19.3 Å². The number of rotatable bonds is 3. The minimum atomic E-state index is 0.942. The van der Waals surface area contributed by atoms with Crippen LogP contribution in [0.2, 0.25) is 0 Å². The van der Waals surface area contributed by atoms with Gasteiger partial charge in [0, 0.05) is 35.3 Å². The van der Waals surface area contributed by atoms with Gasteiger partial charge in [-0.3, -0.25) is 4.90 Å². The molecule has 0 amide bonds. The Morgan fingerprint density at radius 1 is 0.587 bits per heavy atom. The van der Waals surface area contributed by atoms with E-state index in [1.54, 1.807) is 0 Å². The van der Waals surface area contributed by atoms with Gasteiger partial charge in [-0.2, -0.15) is 0 Å². The molecule has 2 aromatic heterocycles. The number of pyridine rings is 1. The van der Waals surface area contributed by atoms with Gasteiger partial charge in [0.05, 0.1) is 22.7 Å². The standard InChI is InChI=1S/C41H33N5/c1-28-43(3)37-16-8-9-17-38(37)44(28)31-22-21-30-20-19-29-12-4-6-14-35(29)45(39(30)26-31)32-23-24-34-33-13-5-7-15-36(33)46(40(34)27-32)41-18-10-11-25-42(41)2/h4-18,21-27H,1-2,19-20H2,3H3. The van der Waals surface area contributed by atoms with Gasteiger partial charge in [-0.05, 0) is 97.9 Å². The molecule has 0 atom stereocenters. The van der Waals surface area contributed by atoms with Crippen LogP contribution in [0.3, 0.4) is 0 Å². The van der Waals surface area contributed by atoms with Crippen molar-refractivity contribution in [2.75, 3.05) is 21.7 Å². The summed E-state index contributed by atoms with van der Waals surface area (Å²) >= 11 is 0. The Balaban J connectivity index is 1.29. The third-order valence-electron chi connectivity index (χ3n) is 9.65. The molecule has 0 saturated heterocycles. The lowest BCUT2D eigenvalue weighted by atomic mass is 10.0. The van der Waals surface area contributed by atoms with Gasteiger partial charge < -0.3 is 14.4 Å². The molecule has 0 fully saturated rings. The van der Waals surface area contributed by atoms with Crippen molar-refractivity contribution in [2.45, 2.75) is 12.8 Å². The first-order valence-corrected chi connectivity index (χ1v) is 15.8. The minimum Gasteiger partial charge on any atom is -0.371 e. The highest BCUT2D eigenvalue weighted by Gasteiger charge is 2.30. The highest BCUT2D eigenvalue weighted by Crippen LogP contribution is 2.49. The SMILES string of the molecule is C=C1N(C)c2ccccc2N1c1ccc2c(c1)N(c1ccc3c4ccccc4n(-c4cccc[n+]4[CH2-])c3c1)c1ccccc1CC2. The predicted molar refractivity (Wildman–Crippen MR) is 190 cm³/mol. The monoisotopic (exact) mass is 595 g/mol. The van der Waals surface area contributed by atoms with E-state index in [0.29, 0.717) is 0 Å². The van der Waals surface area contributed by atoms with Crippen molar-refractivity contribution in [3.05, 3.63) is 164 Å². The summed E-state index contributed by atoms with van der Waals surface area (Å²) in [5, 5.41) is 2.44. The van der Waals surface area contributed by atoms with Crippen molar-refractivity contribution < 1.29 is 4.57 Å². The summed E-state index contributed by atoms with van der Waals surface area (Å²) in [6.07, 6.45) is 3.95. The van der Waals surface area contributed by atoms with E-state index in [1.165, 1.54) is 33.3 Å².